The fourth-order valence-electron chi connectivity index (χ4n) is 2.20. The third-order valence-corrected chi connectivity index (χ3v) is 3.46. The summed E-state index contributed by atoms with van der Waals surface area (Å²) in [6, 6.07) is 6.29. The summed E-state index contributed by atoms with van der Waals surface area (Å²) < 4.78 is 4.57. The lowest BCUT2D eigenvalue weighted by Crippen LogP contribution is -2.03. The van der Waals surface area contributed by atoms with E-state index < -0.39 is 0 Å². The first-order chi connectivity index (χ1) is 9.13. The summed E-state index contributed by atoms with van der Waals surface area (Å²) in [6.45, 7) is 2.87. The Morgan fingerprint density at radius 2 is 2.21 bits per heavy atom. The van der Waals surface area contributed by atoms with Crippen LogP contribution in [0.25, 0.3) is 11.0 Å². The summed E-state index contributed by atoms with van der Waals surface area (Å²) in [6.07, 6.45) is 2.49. The van der Waals surface area contributed by atoms with E-state index in [0.29, 0.717) is 0 Å². The van der Waals surface area contributed by atoms with Crippen molar-refractivity contribution >= 4 is 23.3 Å². The van der Waals surface area contributed by atoms with Gasteiger partial charge >= 0.3 is 0 Å². The van der Waals surface area contributed by atoms with Gasteiger partial charge in [-0.2, -0.15) is 5.10 Å². The molecule has 19 heavy (non-hydrogen) atoms. The van der Waals surface area contributed by atoms with Gasteiger partial charge in [0.05, 0.1) is 11.0 Å². The first-order valence-electron chi connectivity index (χ1n) is 6.17. The van der Waals surface area contributed by atoms with Crippen molar-refractivity contribution < 1.29 is 0 Å². The maximum absolute atomic E-state index is 5.38. The highest BCUT2D eigenvalue weighted by atomic mass is 32.1. The molecule has 3 aromatic rings. The van der Waals surface area contributed by atoms with Gasteiger partial charge in [-0.25, -0.2) is 4.98 Å². The molecule has 1 aromatic carbocycles. The summed E-state index contributed by atoms with van der Waals surface area (Å²) in [4.78, 5) is 7.46. The second-order valence-corrected chi connectivity index (χ2v) is 5.07. The van der Waals surface area contributed by atoms with Gasteiger partial charge in [0.25, 0.3) is 0 Å². The van der Waals surface area contributed by atoms with E-state index >= 15 is 0 Å². The first kappa shape index (κ1) is 12.1. The van der Waals surface area contributed by atoms with Crippen LogP contribution in [0.2, 0.25) is 0 Å². The van der Waals surface area contributed by atoms with Crippen LogP contribution in [0.15, 0.2) is 24.5 Å². The normalized spacial score (nSPS) is 11.3. The molecule has 0 aliphatic carbocycles. The van der Waals surface area contributed by atoms with Gasteiger partial charge in [0, 0.05) is 20.0 Å². The molecule has 3 rings (SSSR count). The largest absolute Gasteiger partial charge is 0.331 e. The molecule has 0 unspecified atom stereocenters. The number of hydrogen-bond donors (Lipinski definition) is 1. The number of aromatic amines is 1. The number of rotatable bonds is 3. The zero-order valence-corrected chi connectivity index (χ0v) is 11.7. The van der Waals surface area contributed by atoms with Gasteiger partial charge in [-0.15, -0.1) is 0 Å². The minimum Gasteiger partial charge on any atom is -0.331 e. The highest BCUT2D eigenvalue weighted by molar-refractivity contribution is 7.71. The molecule has 0 radical (unpaired) electrons. The molecule has 2 aromatic heterocycles. The second-order valence-electron chi connectivity index (χ2n) is 4.69. The summed E-state index contributed by atoms with van der Waals surface area (Å²) in [5.74, 6) is 0.839. The average Bonchev–Trinajstić information content (AvgIpc) is 2.90. The molecule has 0 amide bonds. The molecular formula is C13H15N5S. The van der Waals surface area contributed by atoms with Crippen molar-refractivity contribution in [1.29, 1.82) is 0 Å². The van der Waals surface area contributed by atoms with Crippen LogP contribution in [-0.4, -0.2) is 24.3 Å². The predicted molar refractivity (Wildman–Crippen MR) is 76.6 cm³/mol. The van der Waals surface area contributed by atoms with Gasteiger partial charge < -0.3 is 9.55 Å². The Morgan fingerprint density at radius 3 is 2.95 bits per heavy atom. The van der Waals surface area contributed by atoms with E-state index in [-0.39, 0.29) is 0 Å². The first-order valence-corrected chi connectivity index (χ1v) is 6.58. The van der Waals surface area contributed by atoms with Gasteiger partial charge in [0.2, 0.25) is 0 Å². The van der Waals surface area contributed by atoms with E-state index in [9.17, 15) is 0 Å². The van der Waals surface area contributed by atoms with Crippen LogP contribution in [0.1, 0.15) is 11.4 Å². The van der Waals surface area contributed by atoms with Crippen molar-refractivity contribution in [1.82, 2.24) is 24.3 Å². The molecule has 5 nitrogen and oxygen atoms in total. The smallest absolute Gasteiger partial charge is 0.178 e. The van der Waals surface area contributed by atoms with Crippen LogP contribution in [0.3, 0.4) is 0 Å². The Kier molecular flexibility index (Phi) is 2.94. The molecule has 98 valence electrons. The minimum atomic E-state index is 0.747. The summed E-state index contributed by atoms with van der Waals surface area (Å²) in [7, 11) is 1.87. The molecule has 0 saturated heterocycles. The van der Waals surface area contributed by atoms with Crippen molar-refractivity contribution in [2.24, 2.45) is 7.05 Å². The molecule has 0 fully saturated rings. The van der Waals surface area contributed by atoms with E-state index in [4.69, 9.17) is 12.2 Å². The van der Waals surface area contributed by atoms with Crippen LogP contribution in [0.4, 0.5) is 0 Å². The fraction of sp³-hybridized carbons (Fsp3) is 0.308. The van der Waals surface area contributed by atoms with Crippen molar-refractivity contribution in [3.05, 3.63) is 40.7 Å². The van der Waals surface area contributed by atoms with Crippen LogP contribution in [0, 0.1) is 11.7 Å². The van der Waals surface area contributed by atoms with Crippen molar-refractivity contribution in [3.63, 3.8) is 0 Å². The molecule has 0 saturated carbocycles. The molecule has 0 bridgehead atoms. The van der Waals surface area contributed by atoms with Crippen LogP contribution >= 0.6 is 12.2 Å². The Bertz CT molecular complexity index is 780. The summed E-state index contributed by atoms with van der Waals surface area (Å²) in [5, 5.41) is 4.29. The van der Waals surface area contributed by atoms with Crippen molar-refractivity contribution in [3.8, 4) is 0 Å². The van der Waals surface area contributed by atoms with E-state index in [2.05, 4.69) is 44.8 Å². The highest BCUT2D eigenvalue weighted by Crippen LogP contribution is 2.16. The van der Waals surface area contributed by atoms with Crippen molar-refractivity contribution in [2.45, 2.75) is 19.9 Å². The number of H-pyrrole nitrogens is 1. The zero-order valence-electron chi connectivity index (χ0n) is 10.9. The number of hydrogen-bond acceptors (Lipinski definition) is 3. The molecular weight excluding hydrogens is 258 g/mol. The summed E-state index contributed by atoms with van der Waals surface area (Å²) in [5.41, 5.74) is 3.44. The number of fused-ring (bicyclic) bond motifs is 1. The lowest BCUT2D eigenvalue weighted by Gasteiger charge is -2.03. The second kappa shape index (κ2) is 4.62. The Labute approximate surface area is 115 Å². The van der Waals surface area contributed by atoms with Crippen molar-refractivity contribution in [2.75, 3.05) is 0 Å². The number of nitrogens with zero attached hydrogens (tertiary/aromatic N) is 4. The number of nitrogens with one attached hydrogen (secondary N) is 1. The van der Waals surface area contributed by atoms with E-state index in [1.165, 1.54) is 5.56 Å². The topological polar surface area (TPSA) is 51.4 Å². The predicted octanol–water partition coefficient (Wildman–Crippen LogP) is 2.38. The molecule has 1 N–H and O–H groups in total. The van der Waals surface area contributed by atoms with Gasteiger partial charge in [-0.05, 0) is 36.8 Å². The van der Waals surface area contributed by atoms with E-state index in [0.717, 1.165) is 34.6 Å². The van der Waals surface area contributed by atoms with Crippen LogP contribution in [0.5, 0.6) is 0 Å². The van der Waals surface area contributed by atoms with E-state index in [1.54, 1.807) is 11.0 Å². The minimum absolute atomic E-state index is 0.747. The zero-order chi connectivity index (χ0) is 13.4. The molecule has 0 spiro atoms. The Hall–Kier alpha value is -1.95. The monoisotopic (exact) mass is 273 g/mol. The summed E-state index contributed by atoms with van der Waals surface area (Å²) >= 11 is 5.38. The standard InChI is InChI=1S/C13H15N5S/c1-9-3-4-10-11(7-9)18(13(19)15-10)6-5-12-14-8-17(2)16-12/h3-4,7-8H,5-6H2,1-2H3,(H,15,19). The molecule has 0 aliphatic heterocycles. The quantitative estimate of drug-likeness (QED) is 0.745. The molecule has 0 aliphatic rings. The van der Waals surface area contributed by atoms with Gasteiger partial charge in [0.1, 0.15) is 6.33 Å². The maximum Gasteiger partial charge on any atom is 0.178 e. The number of imidazole rings is 1. The lowest BCUT2D eigenvalue weighted by atomic mass is 10.2. The average molecular weight is 273 g/mol. The van der Waals surface area contributed by atoms with Crippen LogP contribution in [-0.2, 0) is 20.0 Å². The molecule has 2 heterocycles. The Balaban J connectivity index is 1.94. The van der Waals surface area contributed by atoms with E-state index in [1.807, 2.05) is 7.05 Å². The Morgan fingerprint density at radius 1 is 1.37 bits per heavy atom. The number of aromatic nitrogens is 5. The molecule has 6 heteroatoms. The van der Waals surface area contributed by atoms with Gasteiger partial charge in [0.15, 0.2) is 10.6 Å². The van der Waals surface area contributed by atoms with Gasteiger partial charge in [-0.1, -0.05) is 6.07 Å². The SMILES string of the molecule is Cc1ccc2[nH]c(=S)n(CCc3ncn(C)n3)c2c1. The van der Waals surface area contributed by atoms with Gasteiger partial charge in [-0.3, -0.25) is 4.68 Å². The lowest BCUT2D eigenvalue weighted by molar-refractivity contribution is 0.665. The molecule has 0 atom stereocenters. The third kappa shape index (κ3) is 2.31. The number of benzene rings is 1. The number of aryl methyl sites for hydroxylation is 4. The highest BCUT2D eigenvalue weighted by Gasteiger charge is 2.06. The van der Waals surface area contributed by atoms with Crippen LogP contribution < -0.4 is 0 Å². The third-order valence-electron chi connectivity index (χ3n) is 3.14. The maximum atomic E-state index is 5.38. The fourth-order valence-corrected chi connectivity index (χ4v) is 2.49.